The number of anilines is 1. The fourth-order valence-electron chi connectivity index (χ4n) is 1.94. The summed E-state index contributed by atoms with van der Waals surface area (Å²) in [5.74, 6) is 1.82. The van der Waals surface area contributed by atoms with Gasteiger partial charge in [-0.15, -0.1) is 0 Å². The zero-order valence-corrected chi connectivity index (χ0v) is 11.8. The Labute approximate surface area is 114 Å². The highest BCUT2D eigenvalue weighted by Crippen LogP contribution is 2.19. The van der Waals surface area contributed by atoms with Crippen molar-refractivity contribution in [2.75, 3.05) is 18.0 Å². The molecule has 0 unspecified atom stereocenters. The van der Waals surface area contributed by atoms with Crippen molar-refractivity contribution in [3.8, 4) is 0 Å². The monoisotopic (exact) mass is 257 g/mol. The first kappa shape index (κ1) is 13.4. The highest BCUT2D eigenvalue weighted by Gasteiger charge is 2.05. The lowest BCUT2D eigenvalue weighted by molar-refractivity contribution is -0.671. The predicted molar refractivity (Wildman–Crippen MR) is 78.8 cm³/mol. The standard InChI is InChI=1S/C16H21N2O/c1-4-18(5-2)16-9-8-15(19-16)7-6-14-10-12-17(3)13-11-14/h6-13H,4-5H2,1-3H3/q+1. The molecule has 100 valence electrons. The highest BCUT2D eigenvalue weighted by atomic mass is 16.4. The van der Waals surface area contributed by atoms with Gasteiger partial charge < -0.3 is 9.32 Å². The van der Waals surface area contributed by atoms with E-state index in [-0.39, 0.29) is 0 Å². The van der Waals surface area contributed by atoms with Gasteiger partial charge in [0.1, 0.15) is 12.8 Å². The lowest BCUT2D eigenvalue weighted by Gasteiger charge is -2.16. The van der Waals surface area contributed by atoms with E-state index in [1.807, 2.05) is 42.2 Å². The van der Waals surface area contributed by atoms with Crippen LogP contribution in [0.5, 0.6) is 0 Å². The van der Waals surface area contributed by atoms with Crippen molar-refractivity contribution in [2.45, 2.75) is 13.8 Å². The number of rotatable bonds is 5. The first-order valence-corrected chi connectivity index (χ1v) is 6.71. The van der Waals surface area contributed by atoms with Crippen LogP contribution in [0, 0.1) is 0 Å². The molecule has 0 aliphatic rings. The van der Waals surface area contributed by atoms with Crippen molar-refractivity contribution in [3.05, 3.63) is 48.0 Å². The Kier molecular flexibility index (Phi) is 4.39. The minimum absolute atomic E-state index is 0.884. The maximum atomic E-state index is 5.81. The molecular formula is C16H21N2O+. The summed E-state index contributed by atoms with van der Waals surface area (Å²) in [6.07, 6.45) is 8.12. The molecule has 0 fully saturated rings. The SMILES string of the molecule is CCN(CC)c1ccc(/C=C/c2cc[n+](C)cc2)o1. The molecule has 2 aromatic heterocycles. The van der Waals surface area contributed by atoms with Crippen LogP contribution < -0.4 is 9.47 Å². The number of aryl methyl sites for hydroxylation is 1. The summed E-state index contributed by atoms with van der Waals surface area (Å²) in [6, 6.07) is 8.18. The topological polar surface area (TPSA) is 20.3 Å². The van der Waals surface area contributed by atoms with Crippen LogP contribution in [0.2, 0.25) is 0 Å². The van der Waals surface area contributed by atoms with Crippen LogP contribution in [0.1, 0.15) is 25.2 Å². The summed E-state index contributed by atoms with van der Waals surface area (Å²) >= 11 is 0. The van der Waals surface area contributed by atoms with Gasteiger partial charge in [-0.3, -0.25) is 0 Å². The quantitative estimate of drug-likeness (QED) is 0.767. The fraction of sp³-hybridized carbons (Fsp3) is 0.312. The molecule has 0 aromatic carbocycles. The second-order valence-corrected chi connectivity index (χ2v) is 4.48. The molecule has 2 rings (SSSR count). The first-order valence-electron chi connectivity index (χ1n) is 6.71. The Bertz CT molecular complexity index is 536. The number of furan rings is 1. The minimum atomic E-state index is 0.884. The van der Waals surface area contributed by atoms with Crippen molar-refractivity contribution in [1.29, 1.82) is 0 Å². The van der Waals surface area contributed by atoms with Crippen molar-refractivity contribution in [1.82, 2.24) is 0 Å². The second kappa shape index (κ2) is 6.23. The highest BCUT2D eigenvalue weighted by molar-refractivity contribution is 5.67. The van der Waals surface area contributed by atoms with Gasteiger partial charge in [0.15, 0.2) is 18.3 Å². The Morgan fingerprint density at radius 3 is 2.37 bits per heavy atom. The molecule has 3 nitrogen and oxygen atoms in total. The fourth-order valence-corrected chi connectivity index (χ4v) is 1.94. The van der Waals surface area contributed by atoms with Crippen LogP contribution in [0.3, 0.4) is 0 Å². The second-order valence-electron chi connectivity index (χ2n) is 4.48. The average molecular weight is 257 g/mol. The van der Waals surface area contributed by atoms with E-state index in [0.29, 0.717) is 0 Å². The summed E-state index contributed by atoms with van der Waals surface area (Å²) in [4.78, 5) is 2.19. The first-order chi connectivity index (χ1) is 9.22. The Balaban J connectivity index is 2.09. The lowest BCUT2D eigenvalue weighted by atomic mass is 10.2. The molecule has 3 heteroatoms. The zero-order valence-electron chi connectivity index (χ0n) is 11.8. The third-order valence-corrected chi connectivity index (χ3v) is 3.13. The van der Waals surface area contributed by atoms with Crippen molar-refractivity contribution in [3.63, 3.8) is 0 Å². The third kappa shape index (κ3) is 3.47. The minimum Gasteiger partial charge on any atom is -0.441 e. The summed E-state index contributed by atoms with van der Waals surface area (Å²) < 4.78 is 7.82. The van der Waals surface area contributed by atoms with Gasteiger partial charge in [0.25, 0.3) is 0 Å². The van der Waals surface area contributed by atoms with Gasteiger partial charge in [0.05, 0.1) is 0 Å². The van der Waals surface area contributed by atoms with Crippen LogP contribution in [-0.4, -0.2) is 13.1 Å². The van der Waals surface area contributed by atoms with E-state index in [2.05, 4.69) is 37.0 Å². The molecule has 0 aliphatic heterocycles. The molecule has 0 amide bonds. The van der Waals surface area contributed by atoms with Gasteiger partial charge in [0.2, 0.25) is 0 Å². The molecule has 0 saturated heterocycles. The number of nitrogens with zero attached hydrogens (tertiary/aromatic N) is 2. The van der Waals surface area contributed by atoms with Gasteiger partial charge in [-0.2, -0.15) is 0 Å². The molecule has 2 heterocycles. The predicted octanol–water partition coefficient (Wildman–Crippen LogP) is 3.12. The van der Waals surface area contributed by atoms with Crippen molar-refractivity contribution < 1.29 is 8.98 Å². The number of aromatic nitrogens is 1. The third-order valence-electron chi connectivity index (χ3n) is 3.13. The Morgan fingerprint density at radius 1 is 1.05 bits per heavy atom. The lowest BCUT2D eigenvalue weighted by Crippen LogP contribution is -2.25. The summed E-state index contributed by atoms with van der Waals surface area (Å²) in [6.45, 7) is 6.18. The number of pyridine rings is 1. The van der Waals surface area contributed by atoms with E-state index >= 15 is 0 Å². The van der Waals surface area contributed by atoms with Gasteiger partial charge in [-0.25, -0.2) is 4.57 Å². The molecule has 0 saturated carbocycles. The maximum absolute atomic E-state index is 5.81. The van der Waals surface area contributed by atoms with Gasteiger partial charge in [-0.05, 0) is 31.6 Å². The van der Waals surface area contributed by atoms with E-state index in [9.17, 15) is 0 Å². The van der Waals surface area contributed by atoms with Crippen LogP contribution in [-0.2, 0) is 7.05 Å². The van der Waals surface area contributed by atoms with Crippen molar-refractivity contribution in [2.24, 2.45) is 7.05 Å². The maximum Gasteiger partial charge on any atom is 0.196 e. The van der Waals surface area contributed by atoms with E-state index in [1.54, 1.807) is 0 Å². The molecule has 19 heavy (non-hydrogen) atoms. The van der Waals surface area contributed by atoms with E-state index in [1.165, 1.54) is 5.56 Å². The molecule has 0 N–H and O–H groups in total. The Hall–Kier alpha value is -2.03. The van der Waals surface area contributed by atoms with Gasteiger partial charge in [0, 0.05) is 31.3 Å². The molecule has 0 spiro atoms. The van der Waals surface area contributed by atoms with E-state index in [0.717, 1.165) is 24.7 Å². The van der Waals surface area contributed by atoms with Crippen LogP contribution in [0.4, 0.5) is 5.88 Å². The molecule has 0 aliphatic carbocycles. The van der Waals surface area contributed by atoms with Crippen LogP contribution in [0.15, 0.2) is 41.1 Å². The largest absolute Gasteiger partial charge is 0.441 e. The smallest absolute Gasteiger partial charge is 0.196 e. The summed E-state index contributed by atoms with van der Waals surface area (Å²) in [5, 5.41) is 0. The molecular weight excluding hydrogens is 236 g/mol. The normalized spacial score (nSPS) is 11.1. The Morgan fingerprint density at radius 2 is 1.74 bits per heavy atom. The van der Waals surface area contributed by atoms with Gasteiger partial charge in [-0.1, -0.05) is 6.08 Å². The zero-order chi connectivity index (χ0) is 13.7. The summed E-state index contributed by atoms with van der Waals surface area (Å²) in [7, 11) is 2.01. The van der Waals surface area contributed by atoms with Gasteiger partial charge >= 0.3 is 0 Å². The molecule has 0 bridgehead atoms. The number of hydrogen-bond acceptors (Lipinski definition) is 2. The number of hydrogen-bond donors (Lipinski definition) is 0. The molecule has 2 aromatic rings. The molecule has 0 atom stereocenters. The average Bonchev–Trinajstić information content (AvgIpc) is 2.88. The van der Waals surface area contributed by atoms with Crippen LogP contribution >= 0.6 is 0 Å². The van der Waals surface area contributed by atoms with E-state index < -0.39 is 0 Å². The van der Waals surface area contributed by atoms with E-state index in [4.69, 9.17) is 4.42 Å². The molecule has 0 radical (unpaired) electrons. The van der Waals surface area contributed by atoms with Crippen LogP contribution in [0.25, 0.3) is 12.2 Å². The summed E-state index contributed by atoms with van der Waals surface area (Å²) in [5.41, 5.74) is 1.17. The van der Waals surface area contributed by atoms with Crippen molar-refractivity contribution >= 4 is 18.0 Å².